The standard InChI is InChI=1S/C45H59N9O18S2/c1-21(55)38-45(72)47-16-33(57)49-27(7-10-34(58)59)40(67)53-31(39(46)66)19-73-17-25-13-23-5-3-4-6-24(23)14-26(25)18-74-20-32(48-22(2)56)44(71)52-30(15-37(64)65)43(70)51-28(8-11-35(60)61)41(68)50-29(42(69)54-38)9-12-36(62)63/h3-6,13-14,21,27-32,38,55H,7-12,15-20H2,1-2H3,(H2,46,66)(H,47,72)(H,48,56)(H,49,57)(H,50,68)(H,51,70)(H,52,71)(H,53,67)(H,54,69)(H,58,59)(H,60,61)(H,62,63)(H,64,65)/t21-,27+,28+,29+,30+,31+,32+,38+/m1/s1. The number of hydrogen-bond acceptors (Lipinski definition) is 16. The van der Waals surface area contributed by atoms with E-state index < -0.39 is 177 Å². The minimum atomic E-state index is -1.96. The molecule has 0 saturated carbocycles. The number of primary amides is 1. The Balaban J connectivity index is 2.12. The minimum Gasteiger partial charge on any atom is -0.481 e. The molecule has 0 fully saturated rings. The Hall–Kier alpha value is -7.53. The van der Waals surface area contributed by atoms with Crippen molar-refractivity contribution in [3.63, 3.8) is 0 Å². The summed E-state index contributed by atoms with van der Waals surface area (Å²) in [5.41, 5.74) is 7.11. The molecule has 1 aliphatic rings. The Bertz CT molecular complexity index is 2460. The molecule has 0 saturated heterocycles. The van der Waals surface area contributed by atoms with Crippen molar-refractivity contribution in [2.24, 2.45) is 5.73 Å². The van der Waals surface area contributed by atoms with Crippen LogP contribution in [-0.2, 0) is 73.8 Å². The fraction of sp³-hybridized carbons (Fsp3) is 0.489. The van der Waals surface area contributed by atoms with Crippen LogP contribution in [0, 0.1) is 0 Å². The second kappa shape index (κ2) is 29.9. The van der Waals surface area contributed by atoms with Gasteiger partial charge in [0.1, 0.15) is 42.3 Å². The molecule has 0 aliphatic carbocycles. The Morgan fingerprint density at radius 1 is 0.622 bits per heavy atom. The zero-order valence-electron chi connectivity index (χ0n) is 40.0. The highest BCUT2D eigenvalue weighted by molar-refractivity contribution is 7.99. The van der Waals surface area contributed by atoms with E-state index in [0.717, 1.165) is 47.5 Å². The van der Waals surface area contributed by atoms with Gasteiger partial charge in [-0.25, -0.2) is 0 Å². The van der Waals surface area contributed by atoms with Crippen LogP contribution in [0.15, 0.2) is 36.4 Å². The lowest BCUT2D eigenvalue weighted by Crippen LogP contribution is -2.61. The largest absolute Gasteiger partial charge is 0.481 e. The number of fused-ring (bicyclic) bond motifs is 2. The smallest absolute Gasteiger partial charge is 0.305 e. The van der Waals surface area contributed by atoms with Crippen LogP contribution in [0.3, 0.4) is 0 Å². The average molecular weight is 1080 g/mol. The third-order valence-corrected chi connectivity index (χ3v) is 13.0. The highest BCUT2D eigenvalue weighted by Crippen LogP contribution is 2.28. The van der Waals surface area contributed by atoms with Crippen LogP contribution in [0.5, 0.6) is 0 Å². The highest BCUT2D eigenvalue weighted by Gasteiger charge is 2.35. The first-order valence-electron chi connectivity index (χ1n) is 22.7. The monoisotopic (exact) mass is 1080 g/mol. The quantitative estimate of drug-likeness (QED) is 0.0885. The number of hydrogen-bond donors (Lipinski definition) is 14. The normalized spacial score (nSPS) is 23.1. The number of thioether (sulfide) groups is 2. The van der Waals surface area contributed by atoms with Gasteiger partial charge >= 0.3 is 23.9 Å². The summed E-state index contributed by atoms with van der Waals surface area (Å²) < 4.78 is 0. The van der Waals surface area contributed by atoms with Gasteiger partial charge in [-0.3, -0.25) is 62.3 Å². The van der Waals surface area contributed by atoms with Crippen molar-refractivity contribution in [3.05, 3.63) is 47.5 Å². The van der Waals surface area contributed by atoms with Crippen LogP contribution >= 0.6 is 23.5 Å². The third-order valence-electron chi connectivity index (χ3n) is 10.9. The van der Waals surface area contributed by atoms with Crippen molar-refractivity contribution in [2.45, 2.75) is 119 Å². The van der Waals surface area contributed by atoms with Gasteiger partial charge in [-0.15, -0.1) is 0 Å². The molecule has 9 amide bonds. The second-order valence-electron chi connectivity index (χ2n) is 16.9. The van der Waals surface area contributed by atoms with Gasteiger partial charge in [-0.1, -0.05) is 36.4 Å². The second-order valence-corrected chi connectivity index (χ2v) is 18.9. The average Bonchev–Trinajstić information content (AvgIpc) is 3.31. The molecule has 29 heteroatoms. The SMILES string of the molecule is CC(=O)N[C@H]1CSCc2cc3ccccc3cc2CSC[C@@H](C(N)=O)NC(=O)[C@H](CCC(=O)O)NC(=O)CNC(=O)[C@H]([C@@H](C)O)NC(=O)[C@H](CCC(=O)O)NC(=O)[C@H](CCC(=O)O)NC(=O)[C@H](CC(=O)O)NC1=O. The summed E-state index contributed by atoms with van der Waals surface area (Å²) in [6, 6.07) is -1.02. The summed E-state index contributed by atoms with van der Waals surface area (Å²) in [7, 11) is 0. The molecule has 0 aromatic heterocycles. The summed E-state index contributed by atoms with van der Waals surface area (Å²) in [5, 5.41) is 68.1. The van der Waals surface area contributed by atoms with E-state index in [1.807, 2.05) is 30.3 Å². The Morgan fingerprint density at radius 2 is 1.07 bits per heavy atom. The zero-order chi connectivity index (χ0) is 55.2. The fourth-order valence-electron chi connectivity index (χ4n) is 7.06. The molecule has 15 N–H and O–H groups in total. The molecule has 2 aromatic carbocycles. The van der Waals surface area contributed by atoms with Crippen LogP contribution in [0.1, 0.15) is 69.9 Å². The number of aliphatic carboxylic acids is 4. The fourth-order valence-corrected chi connectivity index (χ4v) is 9.23. The van der Waals surface area contributed by atoms with Gasteiger partial charge in [0.2, 0.25) is 53.2 Å². The number of carboxylic acids is 4. The van der Waals surface area contributed by atoms with E-state index in [-0.39, 0.29) is 23.0 Å². The van der Waals surface area contributed by atoms with Crippen molar-refractivity contribution in [1.82, 2.24) is 42.5 Å². The first-order chi connectivity index (χ1) is 34.8. The van der Waals surface area contributed by atoms with Crippen LogP contribution in [0.2, 0.25) is 0 Å². The summed E-state index contributed by atoms with van der Waals surface area (Å²) in [6.07, 6.45) is -7.03. The number of carbonyl (C=O) groups is 13. The van der Waals surface area contributed by atoms with Crippen LogP contribution in [0.25, 0.3) is 10.8 Å². The van der Waals surface area contributed by atoms with Crippen molar-refractivity contribution in [1.29, 1.82) is 0 Å². The van der Waals surface area contributed by atoms with E-state index in [1.165, 1.54) is 11.8 Å². The van der Waals surface area contributed by atoms with Crippen LogP contribution < -0.4 is 48.3 Å². The van der Waals surface area contributed by atoms with E-state index in [1.54, 1.807) is 6.07 Å². The number of benzene rings is 2. The van der Waals surface area contributed by atoms with Crippen molar-refractivity contribution in [3.8, 4) is 0 Å². The molecule has 3 rings (SSSR count). The number of amides is 9. The van der Waals surface area contributed by atoms with Crippen molar-refractivity contribution < 1.29 is 87.9 Å². The maximum atomic E-state index is 13.8. The molecule has 0 radical (unpaired) electrons. The molecule has 2 aromatic rings. The van der Waals surface area contributed by atoms with Gasteiger partial charge < -0.3 is 73.8 Å². The van der Waals surface area contributed by atoms with Gasteiger partial charge in [0, 0.05) is 49.2 Å². The van der Waals surface area contributed by atoms with Crippen molar-refractivity contribution in [2.75, 3.05) is 18.1 Å². The molecular weight excluding hydrogens is 1020 g/mol. The van der Waals surface area contributed by atoms with Crippen molar-refractivity contribution >= 4 is 111 Å². The van der Waals surface area contributed by atoms with E-state index in [2.05, 4.69) is 42.5 Å². The molecule has 0 bridgehead atoms. The number of aliphatic hydroxyl groups is 1. The first-order valence-corrected chi connectivity index (χ1v) is 25.0. The number of nitrogens with two attached hydrogens (primary N) is 1. The molecule has 1 aliphatic heterocycles. The maximum Gasteiger partial charge on any atom is 0.305 e. The van der Waals surface area contributed by atoms with Gasteiger partial charge in [0.05, 0.1) is 19.1 Å². The molecule has 1 heterocycles. The van der Waals surface area contributed by atoms with E-state index >= 15 is 0 Å². The maximum absolute atomic E-state index is 13.8. The van der Waals surface area contributed by atoms with E-state index in [9.17, 15) is 87.9 Å². The molecular formula is C45H59N9O18S2. The van der Waals surface area contributed by atoms with Gasteiger partial charge in [-0.05, 0) is 48.1 Å². The minimum absolute atomic E-state index is 0.125. The molecule has 404 valence electrons. The number of carboxylic acid groups (broad SMARTS) is 4. The lowest BCUT2D eigenvalue weighted by atomic mass is 10.0. The summed E-state index contributed by atoms with van der Waals surface area (Å²) in [5.74, 6) is -15.8. The first kappa shape index (κ1) is 60.8. The summed E-state index contributed by atoms with van der Waals surface area (Å²) in [6.45, 7) is 1.18. The topological polar surface area (TPSA) is 445 Å². The number of carbonyl (C=O) groups excluding carboxylic acids is 9. The zero-order valence-corrected chi connectivity index (χ0v) is 41.6. The van der Waals surface area contributed by atoms with E-state index in [4.69, 9.17) is 5.73 Å². The lowest BCUT2D eigenvalue weighted by Gasteiger charge is -2.27. The molecule has 74 heavy (non-hydrogen) atoms. The molecule has 8 atom stereocenters. The number of aliphatic hydroxyl groups excluding tert-OH is 1. The predicted molar refractivity (Wildman–Crippen MR) is 262 cm³/mol. The molecule has 0 unspecified atom stereocenters. The summed E-state index contributed by atoms with van der Waals surface area (Å²) in [4.78, 5) is 167. The van der Waals surface area contributed by atoms with Gasteiger partial charge in [0.25, 0.3) is 0 Å². The van der Waals surface area contributed by atoms with E-state index in [0.29, 0.717) is 0 Å². The predicted octanol–water partition coefficient (Wildman–Crippen LogP) is -3.22. The van der Waals surface area contributed by atoms with Gasteiger partial charge in [-0.2, -0.15) is 23.5 Å². The summed E-state index contributed by atoms with van der Waals surface area (Å²) >= 11 is 2.32. The van der Waals surface area contributed by atoms with Crippen LogP contribution in [-0.4, -0.2) is 169 Å². The Labute approximate surface area is 430 Å². The number of nitrogens with one attached hydrogen (secondary N) is 8. The molecule has 27 nitrogen and oxygen atoms in total. The van der Waals surface area contributed by atoms with Crippen LogP contribution in [0.4, 0.5) is 0 Å². The molecule has 0 spiro atoms. The third kappa shape index (κ3) is 20.9. The highest BCUT2D eigenvalue weighted by atomic mass is 32.2. The number of rotatable bonds is 14. The van der Waals surface area contributed by atoms with Gasteiger partial charge in [0.15, 0.2) is 0 Å². The Morgan fingerprint density at radius 3 is 1.53 bits per heavy atom. The Kier molecular flexibility index (Phi) is 24.5. The lowest BCUT2D eigenvalue weighted by molar-refractivity contribution is -0.142.